The van der Waals surface area contributed by atoms with Crippen molar-refractivity contribution in [3.63, 3.8) is 0 Å². The van der Waals surface area contributed by atoms with Crippen LogP contribution in [0.2, 0.25) is 0 Å². The molecule has 0 spiro atoms. The third kappa shape index (κ3) is 4.53. The van der Waals surface area contributed by atoms with E-state index in [0.29, 0.717) is 17.8 Å². The van der Waals surface area contributed by atoms with Gasteiger partial charge < -0.3 is 16.2 Å². The molecule has 0 bridgehead atoms. The highest BCUT2D eigenvalue weighted by atomic mass is 16.2. The van der Waals surface area contributed by atoms with Gasteiger partial charge in [-0.3, -0.25) is 4.79 Å². The maximum absolute atomic E-state index is 12.2. The molecule has 0 aliphatic rings. The second kappa shape index (κ2) is 6.75. The number of hydrogen-bond donors (Lipinski definition) is 3. The van der Waals surface area contributed by atoms with Gasteiger partial charge in [0, 0.05) is 24.4 Å². The highest BCUT2D eigenvalue weighted by Gasteiger charge is 2.19. The molecule has 0 aromatic heterocycles. The average molecular weight is 278 g/mol. The standard InChI is InChI=1S/C16H26N2O2/c1-11-8-12(2)14(17)9-13(11)15(20)18-10-16(3,4)6-5-7-19/h8-9,19H,5-7,10,17H2,1-4H3,(H,18,20). The number of nitrogens with two attached hydrogens (primary N) is 1. The molecule has 1 aromatic rings. The van der Waals surface area contributed by atoms with E-state index in [1.807, 2.05) is 19.9 Å². The molecular formula is C16H26N2O2. The summed E-state index contributed by atoms with van der Waals surface area (Å²) in [6.45, 7) is 8.78. The quantitative estimate of drug-likeness (QED) is 0.699. The molecule has 4 N–H and O–H groups in total. The maximum atomic E-state index is 12.2. The lowest BCUT2D eigenvalue weighted by atomic mass is 9.87. The van der Waals surface area contributed by atoms with Gasteiger partial charge in [-0.15, -0.1) is 0 Å². The van der Waals surface area contributed by atoms with E-state index in [-0.39, 0.29) is 17.9 Å². The molecule has 1 amide bonds. The number of amides is 1. The number of aryl methyl sites for hydroxylation is 2. The highest BCUT2D eigenvalue weighted by molar-refractivity contribution is 5.96. The number of rotatable bonds is 6. The van der Waals surface area contributed by atoms with Gasteiger partial charge in [-0.1, -0.05) is 19.9 Å². The summed E-state index contributed by atoms with van der Waals surface area (Å²) >= 11 is 0. The summed E-state index contributed by atoms with van der Waals surface area (Å²) in [7, 11) is 0. The van der Waals surface area contributed by atoms with Crippen molar-refractivity contribution in [2.45, 2.75) is 40.5 Å². The summed E-state index contributed by atoms with van der Waals surface area (Å²) in [6, 6.07) is 3.67. The van der Waals surface area contributed by atoms with Gasteiger partial charge in [0.05, 0.1) is 0 Å². The number of benzene rings is 1. The minimum absolute atomic E-state index is 0.0253. The van der Waals surface area contributed by atoms with E-state index in [2.05, 4.69) is 19.2 Å². The Morgan fingerprint density at radius 1 is 1.30 bits per heavy atom. The van der Waals surface area contributed by atoms with Gasteiger partial charge >= 0.3 is 0 Å². The fourth-order valence-corrected chi connectivity index (χ4v) is 2.17. The summed E-state index contributed by atoms with van der Waals surface area (Å²) in [4.78, 5) is 12.2. The minimum atomic E-state index is -0.0914. The van der Waals surface area contributed by atoms with Crippen molar-refractivity contribution in [2.75, 3.05) is 18.9 Å². The smallest absolute Gasteiger partial charge is 0.251 e. The topological polar surface area (TPSA) is 75.3 Å². The van der Waals surface area contributed by atoms with Crippen molar-refractivity contribution in [1.82, 2.24) is 5.32 Å². The van der Waals surface area contributed by atoms with Crippen LogP contribution in [0.3, 0.4) is 0 Å². The lowest BCUT2D eigenvalue weighted by Crippen LogP contribution is -2.34. The molecule has 0 aliphatic heterocycles. The molecule has 0 unspecified atom stereocenters. The largest absolute Gasteiger partial charge is 0.398 e. The van der Waals surface area contributed by atoms with Crippen LogP contribution in [-0.4, -0.2) is 24.2 Å². The van der Waals surface area contributed by atoms with Crippen LogP contribution in [0.15, 0.2) is 12.1 Å². The SMILES string of the molecule is Cc1cc(C)c(C(=O)NCC(C)(C)CCCO)cc1N. The Kier molecular flexibility index (Phi) is 5.57. The van der Waals surface area contributed by atoms with Gasteiger partial charge in [-0.25, -0.2) is 0 Å². The third-order valence-corrected chi connectivity index (χ3v) is 3.60. The number of carbonyl (C=O) groups is 1. The molecule has 0 saturated heterocycles. The van der Waals surface area contributed by atoms with Crippen molar-refractivity contribution < 1.29 is 9.90 Å². The van der Waals surface area contributed by atoms with Crippen LogP contribution in [0, 0.1) is 19.3 Å². The van der Waals surface area contributed by atoms with Crippen LogP contribution in [0.25, 0.3) is 0 Å². The Bertz CT molecular complexity index is 482. The van der Waals surface area contributed by atoms with E-state index in [4.69, 9.17) is 10.8 Å². The summed E-state index contributed by atoms with van der Waals surface area (Å²) in [5.41, 5.74) is 9.03. The number of aliphatic hydroxyl groups is 1. The Balaban J connectivity index is 2.70. The van der Waals surface area contributed by atoms with E-state index in [9.17, 15) is 4.79 Å². The maximum Gasteiger partial charge on any atom is 0.251 e. The predicted molar refractivity (Wildman–Crippen MR) is 82.8 cm³/mol. The molecule has 0 aliphatic carbocycles. The average Bonchev–Trinajstić information content (AvgIpc) is 2.38. The second-order valence-electron chi connectivity index (χ2n) is 6.20. The number of hydrogen-bond acceptors (Lipinski definition) is 3. The van der Waals surface area contributed by atoms with Gasteiger partial charge in [0.1, 0.15) is 0 Å². The Hall–Kier alpha value is -1.55. The molecule has 0 fully saturated rings. The summed E-state index contributed by atoms with van der Waals surface area (Å²) in [5.74, 6) is -0.0914. The molecule has 4 nitrogen and oxygen atoms in total. The lowest BCUT2D eigenvalue weighted by molar-refractivity contribution is 0.0932. The highest BCUT2D eigenvalue weighted by Crippen LogP contribution is 2.22. The van der Waals surface area contributed by atoms with E-state index < -0.39 is 0 Å². The molecule has 0 radical (unpaired) electrons. The first kappa shape index (κ1) is 16.5. The molecular weight excluding hydrogens is 252 g/mol. The number of carbonyl (C=O) groups excluding carboxylic acids is 1. The Labute approximate surface area is 121 Å². The number of anilines is 1. The van der Waals surface area contributed by atoms with Crippen LogP contribution in [-0.2, 0) is 0 Å². The molecule has 0 saturated carbocycles. The van der Waals surface area contributed by atoms with Crippen LogP contribution in [0.1, 0.15) is 48.2 Å². The zero-order valence-electron chi connectivity index (χ0n) is 12.9. The van der Waals surface area contributed by atoms with E-state index in [0.717, 1.165) is 24.0 Å². The lowest BCUT2D eigenvalue weighted by Gasteiger charge is -2.25. The monoisotopic (exact) mass is 278 g/mol. The third-order valence-electron chi connectivity index (χ3n) is 3.60. The Morgan fingerprint density at radius 2 is 1.95 bits per heavy atom. The van der Waals surface area contributed by atoms with Gasteiger partial charge in [0.15, 0.2) is 0 Å². The van der Waals surface area contributed by atoms with Crippen LogP contribution >= 0.6 is 0 Å². The van der Waals surface area contributed by atoms with Gasteiger partial charge in [0.25, 0.3) is 5.91 Å². The molecule has 20 heavy (non-hydrogen) atoms. The van der Waals surface area contributed by atoms with Crippen molar-refractivity contribution in [3.05, 3.63) is 28.8 Å². The predicted octanol–water partition coefficient (Wildman–Crippen LogP) is 2.41. The minimum Gasteiger partial charge on any atom is -0.398 e. The van der Waals surface area contributed by atoms with Crippen LogP contribution in [0.4, 0.5) is 5.69 Å². The normalized spacial score (nSPS) is 11.4. The number of aliphatic hydroxyl groups excluding tert-OH is 1. The van der Waals surface area contributed by atoms with Gasteiger partial charge in [-0.05, 0) is 49.3 Å². The zero-order chi connectivity index (χ0) is 15.3. The number of nitrogen functional groups attached to an aromatic ring is 1. The van der Waals surface area contributed by atoms with Crippen molar-refractivity contribution in [2.24, 2.45) is 5.41 Å². The van der Waals surface area contributed by atoms with E-state index >= 15 is 0 Å². The zero-order valence-corrected chi connectivity index (χ0v) is 12.9. The second-order valence-corrected chi connectivity index (χ2v) is 6.20. The van der Waals surface area contributed by atoms with E-state index in [1.165, 1.54) is 0 Å². The van der Waals surface area contributed by atoms with Gasteiger partial charge in [0.2, 0.25) is 0 Å². The first-order valence-corrected chi connectivity index (χ1v) is 7.02. The first-order chi connectivity index (χ1) is 9.26. The molecule has 112 valence electrons. The summed E-state index contributed by atoms with van der Waals surface area (Å²) < 4.78 is 0. The van der Waals surface area contributed by atoms with Gasteiger partial charge in [-0.2, -0.15) is 0 Å². The van der Waals surface area contributed by atoms with Crippen molar-refractivity contribution >= 4 is 11.6 Å². The molecule has 0 heterocycles. The van der Waals surface area contributed by atoms with E-state index in [1.54, 1.807) is 6.07 Å². The molecule has 1 aromatic carbocycles. The Morgan fingerprint density at radius 3 is 2.55 bits per heavy atom. The molecule has 4 heteroatoms. The molecule has 1 rings (SSSR count). The fourth-order valence-electron chi connectivity index (χ4n) is 2.17. The van der Waals surface area contributed by atoms with Crippen LogP contribution < -0.4 is 11.1 Å². The van der Waals surface area contributed by atoms with Crippen molar-refractivity contribution in [1.29, 1.82) is 0 Å². The van der Waals surface area contributed by atoms with Crippen molar-refractivity contribution in [3.8, 4) is 0 Å². The molecule has 0 atom stereocenters. The first-order valence-electron chi connectivity index (χ1n) is 7.02. The fraction of sp³-hybridized carbons (Fsp3) is 0.562. The summed E-state index contributed by atoms with van der Waals surface area (Å²) in [6.07, 6.45) is 1.62. The number of nitrogens with one attached hydrogen (secondary N) is 1. The summed E-state index contributed by atoms with van der Waals surface area (Å²) in [5, 5.41) is 11.8. The van der Waals surface area contributed by atoms with Crippen LogP contribution in [0.5, 0.6) is 0 Å².